The molecule has 8 heteroatoms. The van der Waals surface area contributed by atoms with Crippen LogP contribution >= 0.6 is 11.6 Å². The van der Waals surface area contributed by atoms with Gasteiger partial charge in [-0.1, -0.05) is 30.3 Å². The Morgan fingerprint density at radius 3 is 2.66 bits per heavy atom. The molecule has 1 saturated heterocycles. The van der Waals surface area contributed by atoms with Crippen molar-refractivity contribution in [2.24, 2.45) is 0 Å². The molecule has 0 spiro atoms. The van der Waals surface area contributed by atoms with Crippen molar-refractivity contribution in [3.63, 3.8) is 0 Å². The van der Waals surface area contributed by atoms with Crippen molar-refractivity contribution in [3.8, 4) is 0 Å². The minimum atomic E-state index is -0.292. The molecule has 4 rings (SSSR count). The van der Waals surface area contributed by atoms with Crippen LogP contribution < -0.4 is 4.90 Å². The molecule has 32 heavy (non-hydrogen) atoms. The zero-order valence-corrected chi connectivity index (χ0v) is 19.5. The van der Waals surface area contributed by atoms with Crippen LogP contribution in [0.5, 0.6) is 0 Å². The third-order valence-corrected chi connectivity index (χ3v) is 6.11. The lowest BCUT2D eigenvalue weighted by Gasteiger charge is -2.44. The Bertz CT molecular complexity index is 998. The Morgan fingerprint density at radius 2 is 1.91 bits per heavy atom. The van der Waals surface area contributed by atoms with Crippen LogP contribution in [0.15, 0.2) is 36.1 Å². The Morgan fingerprint density at radius 1 is 1.12 bits per heavy atom. The fraction of sp³-hybridized carbons (Fsp3) is 0.458. The molecular formula is C24H29ClN4O3. The minimum Gasteiger partial charge on any atom is -0.498 e. The van der Waals surface area contributed by atoms with Gasteiger partial charge in [0.25, 0.3) is 0 Å². The van der Waals surface area contributed by atoms with Crippen molar-refractivity contribution in [1.29, 1.82) is 0 Å². The molecule has 0 radical (unpaired) electrons. The maximum Gasteiger partial charge on any atom is 0.410 e. The van der Waals surface area contributed by atoms with Crippen LogP contribution in [0.2, 0.25) is 5.28 Å². The van der Waals surface area contributed by atoms with E-state index in [2.05, 4.69) is 21.8 Å². The topological polar surface area (TPSA) is 67.8 Å². The SMILES string of the molecule is CCOC1=Cc2nc(Cl)nc(N3C[C@@H](C)N(C(=O)OCc4ccccc4)C[C@@H]3C)c2CC1. The molecule has 0 bridgehead atoms. The van der Waals surface area contributed by atoms with E-state index < -0.39 is 0 Å². The van der Waals surface area contributed by atoms with Gasteiger partial charge in [-0.05, 0) is 44.4 Å². The van der Waals surface area contributed by atoms with Crippen LogP contribution in [0.4, 0.5) is 10.6 Å². The summed E-state index contributed by atoms with van der Waals surface area (Å²) >= 11 is 6.28. The number of aromatic nitrogens is 2. The van der Waals surface area contributed by atoms with Crippen molar-refractivity contribution in [1.82, 2.24) is 14.9 Å². The summed E-state index contributed by atoms with van der Waals surface area (Å²) in [6.45, 7) is 8.19. The van der Waals surface area contributed by atoms with E-state index in [-0.39, 0.29) is 30.1 Å². The van der Waals surface area contributed by atoms with Crippen molar-refractivity contribution in [3.05, 3.63) is 58.2 Å². The summed E-state index contributed by atoms with van der Waals surface area (Å²) in [6.07, 6.45) is 3.28. The highest BCUT2D eigenvalue weighted by atomic mass is 35.5. The van der Waals surface area contributed by atoms with Crippen LogP contribution in [0.1, 0.15) is 44.0 Å². The molecule has 1 aromatic heterocycles. The van der Waals surface area contributed by atoms with Crippen LogP contribution in [-0.2, 0) is 22.5 Å². The van der Waals surface area contributed by atoms with Gasteiger partial charge < -0.3 is 19.3 Å². The number of halogens is 1. The van der Waals surface area contributed by atoms with Gasteiger partial charge in [0, 0.05) is 43.2 Å². The molecular weight excluding hydrogens is 428 g/mol. The van der Waals surface area contributed by atoms with Crippen molar-refractivity contribution in [2.75, 3.05) is 24.6 Å². The molecule has 2 atom stereocenters. The van der Waals surface area contributed by atoms with Crippen LogP contribution in [0, 0.1) is 0 Å². The standard InChI is InChI=1S/C24H29ClN4O3/c1-4-31-19-10-11-20-21(12-19)26-23(25)27-22(20)28-13-17(3)29(14-16(28)2)24(30)32-15-18-8-6-5-7-9-18/h5-9,12,16-17H,4,10-11,13-15H2,1-3H3/t16-,17+/m0/s1. The third kappa shape index (κ3) is 4.83. The highest BCUT2D eigenvalue weighted by Crippen LogP contribution is 2.33. The lowest BCUT2D eigenvalue weighted by Crippen LogP contribution is -2.58. The van der Waals surface area contributed by atoms with E-state index in [1.165, 1.54) is 0 Å². The molecule has 1 aliphatic carbocycles. The van der Waals surface area contributed by atoms with E-state index in [9.17, 15) is 4.79 Å². The van der Waals surface area contributed by atoms with Gasteiger partial charge in [0.2, 0.25) is 5.28 Å². The Kier molecular flexibility index (Phi) is 6.84. The molecule has 0 saturated carbocycles. The van der Waals surface area contributed by atoms with E-state index in [1.807, 2.05) is 50.3 Å². The molecule has 2 aromatic rings. The van der Waals surface area contributed by atoms with E-state index in [1.54, 1.807) is 4.90 Å². The first-order chi connectivity index (χ1) is 15.5. The molecule has 170 valence electrons. The van der Waals surface area contributed by atoms with Gasteiger partial charge in [-0.3, -0.25) is 0 Å². The van der Waals surface area contributed by atoms with Gasteiger partial charge in [-0.2, -0.15) is 0 Å². The maximum atomic E-state index is 12.8. The molecule has 7 nitrogen and oxygen atoms in total. The number of allylic oxidation sites excluding steroid dienone is 1. The van der Waals surface area contributed by atoms with Gasteiger partial charge in [-0.15, -0.1) is 0 Å². The smallest absolute Gasteiger partial charge is 0.410 e. The van der Waals surface area contributed by atoms with E-state index in [4.69, 9.17) is 21.1 Å². The average molecular weight is 457 g/mol. The molecule has 2 heterocycles. The first kappa shape index (κ1) is 22.4. The lowest BCUT2D eigenvalue weighted by atomic mass is 9.99. The summed E-state index contributed by atoms with van der Waals surface area (Å²) < 4.78 is 11.3. The lowest BCUT2D eigenvalue weighted by molar-refractivity contribution is 0.0737. The largest absolute Gasteiger partial charge is 0.498 e. The highest BCUT2D eigenvalue weighted by molar-refractivity contribution is 6.28. The number of benzene rings is 1. The Hall–Kier alpha value is -2.80. The minimum absolute atomic E-state index is 0.0306. The van der Waals surface area contributed by atoms with Crippen LogP contribution in [0.25, 0.3) is 6.08 Å². The van der Waals surface area contributed by atoms with Gasteiger partial charge >= 0.3 is 6.09 Å². The number of piperazine rings is 1. The van der Waals surface area contributed by atoms with Crippen molar-refractivity contribution < 1.29 is 14.3 Å². The fourth-order valence-electron chi connectivity index (χ4n) is 4.31. The number of ether oxygens (including phenoxy) is 2. The number of carbonyl (C=O) groups excluding carboxylic acids is 1. The molecule has 0 N–H and O–H groups in total. The third-order valence-electron chi connectivity index (χ3n) is 5.94. The Balaban J connectivity index is 1.49. The monoisotopic (exact) mass is 456 g/mol. The zero-order chi connectivity index (χ0) is 22.7. The predicted octanol–water partition coefficient (Wildman–Crippen LogP) is 4.69. The Labute approximate surface area is 194 Å². The van der Waals surface area contributed by atoms with Gasteiger partial charge in [0.15, 0.2) is 0 Å². The second-order valence-electron chi connectivity index (χ2n) is 8.27. The molecule has 2 aliphatic rings. The van der Waals surface area contributed by atoms with Crippen LogP contribution in [0.3, 0.4) is 0 Å². The molecule has 0 unspecified atom stereocenters. The number of hydrogen-bond acceptors (Lipinski definition) is 6. The molecule has 1 aliphatic heterocycles. The normalized spacial score (nSPS) is 20.4. The first-order valence-electron chi connectivity index (χ1n) is 11.1. The maximum absolute atomic E-state index is 12.8. The summed E-state index contributed by atoms with van der Waals surface area (Å²) in [6, 6.07) is 9.74. The first-order valence-corrected chi connectivity index (χ1v) is 11.5. The summed E-state index contributed by atoms with van der Waals surface area (Å²) in [5, 5.41) is 0.220. The van der Waals surface area contributed by atoms with Crippen molar-refractivity contribution in [2.45, 2.75) is 52.3 Å². The van der Waals surface area contributed by atoms with E-state index in [0.717, 1.165) is 41.2 Å². The number of hydrogen-bond donors (Lipinski definition) is 0. The molecule has 1 amide bonds. The molecule has 1 fully saturated rings. The summed E-state index contributed by atoms with van der Waals surface area (Å²) in [5.41, 5.74) is 2.87. The van der Waals surface area contributed by atoms with Crippen molar-refractivity contribution >= 4 is 29.6 Å². The second kappa shape index (κ2) is 9.77. The average Bonchev–Trinajstić information content (AvgIpc) is 2.79. The van der Waals surface area contributed by atoms with Gasteiger partial charge in [-0.25, -0.2) is 14.8 Å². The molecule has 1 aromatic carbocycles. The zero-order valence-electron chi connectivity index (χ0n) is 18.8. The van der Waals surface area contributed by atoms with Crippen LogP contribution in [-0.4, -0.2) is 52.7 Å². The highest BCUT2D eigenvalue weighted by Gasteiger charge is 2.35. The summed E-state index contributed by atoms with van der Waals surface area (Å²) in [4.78, 5) is 25.8. The predicted molar refractivity (Wildman–Crippen MR) is 125 cm³/mol. The number of rotatable bonds is 5. The van der Waals surface area contributed by atoms with Gasteiger partial charge in [0.1, 0.15) is 12.4 Å². The number of carbonyl (C=O) groups is 1. The van der Waals surface area contributed by atoms with Gasteiger partial charge in [0.05, 0.1) is 18.1 Å². The second-order valence-corrected chi connectivity index (χ2v) is 8.60. The number of fused-ring (bicyclic) bond motifs is 1. The summed E-state index contributed by atoms with van der Waals surface area (Å²) in [5.74, 6) is 1.77. The summed E-state index contributed by atoms with van der Waals surface area (Å²) in [7, 11) is 0. The quantitative estimate of drug-likeness (QED) is 0.608. The van der Waals surface area contributed by atoms with E-state index in [0.29, 0.717) is 19.7 Å². The number of amides is 1. The van der Waals surface area contributed by atoms with E-state index >= 15 is 0 Å². The number of anilines is 1. The number of nitrogens with zero attached hydrogens (tertiary/aromatic N) is 4. The fourth-order valence-corrected chi connectivity index (χ4v) is 4.48.